The zero-order valence-corrected chi connectivity index (χ0v) is 16.3. The van der Waals surface area contributed by atoms with Crippen LogP contribution in [0.4, 0.5) is 5.69 Å². The number of amides is 1. The molecule has 2 aromatic heterocycles. The Bertz CT molecular complexity index is 1190. The quantitative estimate of drug-likeness (QED) is 0.533. The number of nitrogens with one attached hydrogen (secondary N) is 1. The fraction of sp³-hybridized carbons (Fsp3) is 0.190. The van der Waals surface area contributed by atoms with Crippen LogP contribution < -0.4 is 10.1 Å². The van der Waals surface area contributed by atoms with Crippen LogP contribution in [0.2, 0.25) is 0 Å². The maximum Gasteiger partial charge on any atom is 0.276 e. The van der Waals surface area contributed by atoms with E-state index in [9.17, 15) is 4.79 Å². The van der Waals surface area contributed by atoms with Crippen LogP contribution >= 0.6 is 0 Å². The van der Waals surface area contributed by atoms with Gasteiger partial charge in [-0.2, -0.15) is 5.10 Å². The first-order valence-corrected chi connectivity index (χ1v) is 9.61. The largest absolute Gasteiger partial charge is 0.497 e. The normalized spacial score (nSPS) is 13.2. The van der Waals surface area contributed by atoms with Crippen molar-refractivity contribution in [2.24, 2.45) is 0 Å². The maximum atomic E-state index is 12.7. The second-order valence-electron chi connectivity index (χ2n) is 7.06. The Kier molecular flexibility index (Phi) is 4.47. The van der Waals surface area contributed by atoms with Gasteiger partial charge in [-0.15, -0.1) is 5.10 Å². The van der Waals surface area contributed by atoms with Crippen LogP contribution in [-0.2, 0) is 0 Å². The number of anilines is 1. The Labute approximate surface area is 172 Å². The van der Waals surface area contributed by atoms with Crippen molar-refractivity contribution in [1.82, 2.24) is 30.0 Å². The first-order valence-electron chi connectivity index (χ1n) is 9.61. The van der Waals surface area contributed by atoms with Crippen LogP contribution in [0.15, 0.2) is 60.8 Å². The molecule has 0 atom stereocenters. The summed E-state index contributed by atoms with van der Waals surface area (Å²) in [5.74, 6) is 1.18. The second-order valence-corrected chi connectivity index (χ2v) is 7.06. The van der Waals surface area contributed by atoms with Gasteiger partial charge in [0.25, 0.3) is 5.91 Å². The van der Waals surface area contributed by atoms with E-state index in [1.165, 1.54) is 0 Å². The topological polar surface area (TPSA) is 99.7 Å². The van der Waals surface area contributed by atoms with Gasteiger partial charge in [-0.25, -0.2) is 9.36 Å². The van der Waals surface area contributed by atoms with Crippen molar-refractivity contribution in [1.29, 1.82) is 0 Å². The first-order chi connectivity index (χ1) is 14.7. The van der Waals surface area contributed by atoms with Gasteiger partial charge < -0.3 is 10.1 Å². The standard InChI is InChI=1S/C21H19N7O2/c1-30-18-9-7-16(8-10-18)27-12-11-19(24-27)21(29)22-15-4-2-3-14(13-15)20-23-25-26-28(20)17-5-6-17/h2-4,7-13,17H,5-6H2,1H3,(H,22,29). The highest BCUT2D eigenvalue weighted by molar-refractivity contribution is 6.03. The van der Waals surface area contributed by atoms with Gasteiger partial charge in [0, 0.05) is 17.4 Å². The van der Waals surface area contributed by atoms with Crippen molar-refractivity contribution >= 4 is 11.6 Å². The van der Waals surface area contributed by atoms with Crippen LogP contribution in [0.1, 0.15) is 29.4 Å². The molecule has 0 aliphatic heterocycles. The van der Waals surface area contributed by atoms with Crippen molar-refractivity contribution in [2.45, 2.75) is 18.9 Å². The molecule has 1 N–H and O–H groups in total. The lowest BCUT2D eigenvalue weighted by atomic mass is 10.2. The molecule has 5 rings (SSSR count). The number of hydrogen-bond acceptors (Lipinski definition) is 6. The number of rotatable bonds is 6. The van der Waals surface area contributed by atoms with Gasteiger partial charge >= 0.3 is 0 Å². The van der Waals surface area contributed by atoms with Crippen LogP contribution in [-0.4, -0.2) is 43.0 Å². The Balaban J connectivity index is 1.33. The van der Waals surface area contributed by atoms with E-state index < -0.39 is 0 Å². The monoisotopic (exact) mass is 401 g/mol. The molecule has 0 bridgehead atoms. The van der Waals surface area contributed by atoms with Gasteiger partial charge in [0.15, 0.2) is 11.5 Å². The summed E-state index contributed by atoms with van der Waals surface area (Å²) in [4.78, 5) is 12.7. The van der Waals surface area contributed by atoms with E-state index in [-0.39, 0.29) is 5.91 Å². The first kappa shape index (κ1) is 18.0. The van der Waals surface area contributed by atoms with E-state index in [0.29, 0.717) is 23.2 Å². The molecule has 2 heterocycles. The summed E-state index contributed by atoms with van der Waals surface area (Å²) < 4.78 is 8.66. The van der Waals surface area contributed by atoms with Crippen LogP contribution in [0.3, 0.4) is 0 Å². The Morgan fingerprint density at radius 3 is 2.73 bits per heavy atom. The van der Waals surface area contributed by atoms with Crippen molar-refractivity contribution in [3.63, 3.8) is 0 Å². The number of ether oxygens (including phenoxy) is 1. The Morgan fingerprint density at radius 1 is 1.13 bits per heavy atom. The van der Waals surface area contributed by atoms with E-state index in [1.54, 1.807) is 24.1 Å². The zero-order chi connectivity index (χ0) is 20.5. The lowest BCUT2D eigenvalue weighted by Gasteiger charge is -2.07. The molecule has 4 aromatic rings. The summed E-state index contributed by atoms with van der Waals surface area (Å²) in [5, 5.41) is 19.3. The molecule has 30 heavy (non-hydrogen) atoms. The van der Waals surface area contributed by atoms with Crippen LogP contribution in [0, 0.1) is 0 Å². The lowest BCUT2D eigenvalue weighted by Crippen LogP contribution is -2.13. The molecule has 2 aromatic carbocycles. The molecule has 0 saturated heterocycles. The fourth-order valence-electron chi connectivity index (χ4n) is 3.20. The van der Waals surface area contributed by atoms with Gasteiger partial charge in [-0.1, -0.05) is 12.1 Å². The molecule has 0 unspecified atom stereocenters. The summed E-state index contributed by atoms with van der Waals surface area (Å²) >= 11 is 0. The summed E-state index contributed by atoms with van der Waals surface area (Å²) in [6.07, 6.45) is 3.92. The summed E-state index contributed by atoms with van der Waals surface area (Å²) in [7, 11) is 1.62. The number of hydrogen-bond donors (Lipinski definition) is 1. The van der Waals surface area contributed by atoms with E-state index in [0.717, 1.165) is 29.8 Å². The van der Waals surface area contributed by atoms with E-state index >= 15 is 0 Å². The van der Waals surface area contributed by atoms with Gasteiger partial charge in [0.1, 0.15) is 5.75 Å². The molecule has 1 aliphatic rings. The molecule has 1 saturated carbocycles. The number of nitrogens with zero attached hydrogens (tertiary/aromatic N) is 6. The van der Waals surface area contributed by atoms with Crippen molar-refractivity contribution < 1.29 is 9.53 Å². The molecule has 1 fully saturated rings. The number of carbonyl (C=O) groups excluding carboxylic acids is 1. The van der Waals surface area contributed by atoms with Gasteiger partial charge in [-0.05, 0) is 65.7 Å². The second kappa shape index (κ2) is 7.43. The molecule has 1 aliphatic carbocycles. The van der Waals surface area contributed by atoms with Crippen molar-refractivity contribution in [3.8, 4) is 22.8 Å². The minimum atomic E-state index is -0.291. The molecular weight excluding hydrogens is 382 g/mol. The van der Waals surface area contributed by atoms with E-state index in [1.807, 2.05) is 53.2 Å². The smallest absolute Gasteiger partial charge is 0.276 e. The molecule has 1 amide bonds. The van der Waals surface area contributed by atoms with E-state index in [2.05, 4.69) is 25.9 Å². The number of benzene rings is 2. The maximum absolute atomic E-state index is 12.7. The average molecular weight is 401 g/mol. The minimum Gasteiger partial charge on any atom is -0.497 e. The minimum absolute atomic E-state index is 0.291. The van der Waals surface area contributed by atoms with Crippen LogP contribution in [0.5, 0.6) is 5.75 Å². The Hall–Kier alpha value is -4.01. The number of tetrazole rings is 1. The SMILES string of the molecule is COc1ccc(-n2ccc(C(=O)Nc3cccc(-c4nnnn4C4CC4)c3)n2)cc1. The molecule has 150 valence electrons. The Morgan fingerprint density at radius 2 is 1.97 bits per heavy atom. The number of carbonyl (C=O) groups is 1. The van der Waals surface area contributed by atoms with Gasteiger partial charge in [-0.3, -0.25) is 4.79 Å². The fourth-order valence-corrected chi connectivity index (χ4v) is 3.20. The molecule has 0 spiro atoms. The van der Waals surface area contributed by atoms with Gasteiger partial charge in [0.05, 0.1) is 18.8 Å². The predicted molar refractivity (Wildman–Crippen MR) is 110 cm³/mol. The molecular formula is C21H19N7O2. The predicted octanol–water partition coefficient (Wildman–Crippen LogP) is 3.12. The van der Waals surface area contributed by atoms with Crippen LogP contribution in [0.25, 0.3) is 17.1 Å². The van der Waals surface area contributed by atoms with Crippen molar-refractivity contribution in [3.05, 3.63) is 66.5 Å². The summed E-state index contributed by atoms with van der Waals surface area (Å²) in [5.41, 5.74) is 2.66. The molecule has 9 nitrogen and oxygen atoms in total. The highest BCUT2D eigenvalue weighted by Gasteiger charge is 2.28. The number of aromatic nitrogens is 6. The van der Waals surface area contributed by atoms with E-state index in [4.69, 9.17) is 4.74 Å². The zero-order valence-electron chi connectivity index (χ0n) is 16.3. The third-order valence-electron chi connectivity index (χ3n) is 4.92. The van der Waals surface area contributed by atoms with Crippen molar-refractivity contribution in [2.75, 3.05) is 12.4 Å². The van der Waals surface area contributed by atoms with Gasteiger partial charge in [0.2, 0.25) is 0 Å². The third kappa shape index (κ3) is 3.52. The number of methoxy groups -OCH3 is 1. The summed E-state index contributed by atoms with van der Waals surface area (Å²) in [6.45, 7) is 0. The third-order valence-corrected chi connectivity index (χ3v) is 4.92. The molecule has 9 heteroatoms. The lowest BCUT2D eigenvalue weighted by molar-refractivity contribution is 0.102. The highest BCUT2D eigenvalue weighted by Crippen LogP contribution is 2.36. The molecule has 0 radical (unpaired) electrons. The average Bonchev–Trinajstić information content (AvgIpc) is 3.29. The highest BCUT2D eigenvalue weighted by atomic mass is 16.5. The summed E-state index contributed by atoms with van der Waals surface area (Å²) in [6, 6.07) is 17.0.